The fourth-order valence-corrected chi connectivity index (χ4v) is 1.84. The predicted octanol–water partition coefficient (Wildman–Crippen LogP) is 2.80. The van der Waals surface area contributed by atoms with Crippen LogP contribution < -0.4 is 10.1 Å². The Kier molecular flexibility index (Phi) is 4.55. The molecular formula is C15H16N2O3. The van der Waals surface area contributed by atoms with Gasteiger partial charge in [0.25, 0.3) is 0 Å². The second-order valence-electron chi connectivity index (χ2n) is 4.33. The molecule has 0 saturated heterocycles. The van der Waals surface area contributed by atoms with Gasteiger partial charge >= 0.3 is 0 Å². The number of nitro groups is 1. The van der Waals surface area contributed by atoms with Crippen LogP contribution in [0, 0.1) is 10.1 Å². The minimum Gasteiger partial charge on any atom is -0.497 e. The van der Waals surface area contributed by atoms with Crippen molar-refractivity contribution >= 4 is 5.69 Å². The largest absolute Gasteiger partial charge is 0.497 e. The summed E-state index contributed by atoms with van der Waals surface area (Å²) < 4.78 is 5.10. The Hall–Kier alpha value is -2.56. The van der Waals surface area contributed by atoms with Crippen LogP contribution in [0.25, 0.3) is 0 Å². The van der Waals surface area contributed by atoms with Gasteiger partial charge in [0.2, 0.25) is 6.04 Å². The summed E-state index contributed by atoms with van der Waals surface area (Å²) in [5, 5.41) is 14.1. The van der Waals surface area contributed by atoms with Gasteiger partial charge in [0.15, 0.2) is 0 Å². The summed E-state index contributed by atoms with van der Waals surface area (Å²) in [5.74, 6) is 0.788. The first-order valence-corrected chi connectivity index (χ1v) is 6.26. The lowest BCUT2D eigenvalue weighted by molar-refractivity contribution is -0.496. The van der Waals surface area contributed by atoms with Crippen molar-refractivity contribution in [2.24, 2.45) is 0 Å². The highest BCUT2D eigenvalue weighted by Crippen LogP contribution is 2.16. The second-order valence-corrected chi connectivity index (χ2v) is 4.33. The summed E-state index contributed by atoms with van der Waals surface area (Å²) in [6.07, 6.45) is 10.4. The van der Waals surface area contributed by atoms with Crippen molar-refractivity contribution < 1.29 is 9.66 Å². The average Bonchev–Trinajstić information content (AvgIpc) is 2.42. The number of rotatable bonds is 4. The number of benzene rings is 1. The Bertz CT molecular complexity index is 547. The van der Waals surface area contributed by atoms with Crippen molar-refractivity contribution in [2.45, 2.75) is 12.1 Å². The van der Waals surface area contributed by atoms with Crippen LogP contribution in [0.15, 0.2) is 60.7 Å². The molecule has 5 nitrogen and oxygen atoms in total. The zero-order chi connectivity index (χ0) is 14.4. The van der Waals surface area contributed by atoms with Gasteiger partial charge in [-0.25, -0.2) is 0 Å². The molecule has 2 atom stereocenters. The van der Waals surface area contributed by atoms with Gasteiger partial charge in [0.05, 0.1) is 13.2 Å². The third-order valence-corrected chi connectivity index (χ3v) is 2.92. The number of allylic oxidation sites excluding steroid dienone is 2. The van der Waals surface area contributed by atoms with E-state index in [1.165, 1.54) is 0 Å². The Balaban J connectivity index is 2.08. The van der Waals surface area contributed by atoms with Crippen LogP contribution in [0.4, 0.5) is 5.69 Å². The highest BCUT2D eigenvalue weighted by Gasteiger charge is 2.13. The number of nitrogens with zero attached hydrogens (tertiary/aromatic N) is 1. The molecule has 0 aromatic heterocycles. The Morgan fingerprint density at radius 2 is 1.80 bits per heavy atom. The standard InChI is InChI=1S/C15H16N2O3/c1-20-15-10-7-13(8-11-15)16-12-4-2-3-5-14(9-6-12)17(18)19/h2-12,14,16H,1H3/b4-2?,5-3-,9-6?. The molecule has 0 fully saturated rings. The van der Waals surface area contributed by atoms with Crippen LogP contribution in [0.2, 0.25) is 0 Å². The zero-order valence-electron chi connectivity index (χ0n) is 11.1. The molecule has 104 valence electrons. The molecule has 0 amide bonds. The van der Waals surface area contributed by atoms with E-state index in [1.54, 1.807) is 37.5 Å². The molecule has 1 aromatic carbocycles. The SMILES string of the molecule is COc1ccc(NC2C=C/C=C\C([N+](=O)[O-])C=C2)cc1. The van der Waals surface area contributed by atoms with Gasteiger partial charge in [-0.3, -0.25) is 10.1 Å². The number of methoxy groups -OCH3 is 1. The molecule has 1 aliphatic carbocycles. The number of hydrogen-bond donors (Lipinski definition) is 1. The van der Waals surface area contributed by atoms with Crippen LogP contribution >= 0.6 is 0 Å². The first-order chi connectivity index (χ1) is 9.69. The van der Waals surface area contributed by atoms with Crippen LogP contribution in [-0.2, 0) is 0 Å². The Morgan fingerprint density at radius 1 is 1.10 bits per heavy atom. The molecule has 0 spiro atoms. The molecule has 5 heteroatoms. The fraction of sp³-hybridized carbons (Fsp3) is 0.200. The Morgan fingerprint density at radius 3 is 2.45 bits per heavy atom. The lowest BCUT2D eigenvalue weighted by atomic mass is 10.1. The molecule has 0 saturated carbocycles. The quantitative estimate of drug-likeness (QED) is 0.520. The second kappa shape index (κ2) is 6.56. The molecule has 1 N–H and O–H groups in total. The molecule has 20 heavy (non-hydrogen) atoms. The minimum absolute atomic E-state index is 0.0872. The highest BCUT2D eigenvalue weighted by atomic mass is 16.6. The van der Waals surface area contributed by atoms with E-state index >= 15 is 0 Å². The van der Waals surface area contributed by atoms with E-state index in [4.69, 9.17) is 4.74 Å². The predicted molar refractivity (Wildman–Crippen MR) is 78.6 cm³/mol. The molecule has 2 unspecified atom stereocenters. The third kappa shape index (κ3) is 3.71. The summed E-state index contributed by atoms with van der Waals surface area (Å²) in [5.41, 5.74) is 0.923. The van der Waals surface area contributed by atoms with Crippen molar-refractivity contribution in [3.63, 3.8) is 0 Å². The van der Waals surface area contributed by atoms with Gasteiger partial charge in [-0.1, -0.05) is 24.3 Å². The van der Waals surface area contributed by atoms with Crippen LogP contribution in [-0.4, -0.2) is 24.1 Å². The van der Waals surface area contributed by atoms with Crippen molar-refractivity contribution in [1.82, 2.24) is 0 Å². The first-order valence-electron chi connectivity index (χ1n) is 6.26. The molecule has 1 aliphatic rings. The fourth-order valence-electron chi connectivity index (χ4n) is 1.84. The smallest absolute Gasteiger partial charge is 0.249 e. The molecule has 0 aliphatic heterocycles. The lowest BCUT2D eigenvalue weighted by Gasteiger charge is -2.14. The monoisotopic (exact) mass is 272 g/mol. The van der Waals surface area contributed by atoms with Gasteiger partial charge in [0, 0.05) is 10.6 Å². The zero-order valence-corrected chi connectivity index (χ0v) is 11.1. The van der Waals surface area contributed by atoms with E-state index in [-0.39, 0.29) is 11.0 Å². The van der Waals surface area contributed by atoms with E-state index in [9.17, 15) is 10.1 Å². The normalized spacial score (nSPS) is 22.6. The molecule has 1 aromatic rings. The number of ether oxygens (including phenoxy) is 1. The van der Waals surface area contributed by atoms with Gasteiger partial charge in [0.1, 0.15) is 5.75 Å². The molecular weight excluding hydrogens is 256 g/mol. The van der Waals surface area contributed by atoms with Gasteiger partial charge in [-0.2, -0.15) is 0 Å². The molecule has 2 rings (SSSR count). The first kappa shape index (κ1) is 13.9. The van der Waals surface area contributed by atoms with E-state index in [0.29, 0.717) is 0 Å². The van der Waals surface area contributed by atoms with Crippen molar-refractivity contribution in [3.05, 3.63) is 70.8 Å². The minimum atomic E-state index is -0.778. The lowest BCUT2D eigenvalue weighted by Crippen LogP contribution is -2.18. The van der Waals surface area contributed by atoms with Crippen molar-refractivity contribution in [2.75, 3.05) is 12.4 Å². The molecule has 0 radical (unpaired) electrons. The molecule has 0 bridgehead atoms. The van der Waals surface area contributed by atoms with Crippen LogP contribution in [0.5, 0.6) is 5.75 Å². The third-order valence-electron chi connectivity index (χ3n) is 2.92. The van der Waals surface area contributed by atoms with Crippen LogP contribution in [0.3, 0.4) is 0 Å². The summed E-state index contributed by atoms with van der Waals surface area (Å²) in [6.45, 7) is 0. The van der Waals surface area contributed by atoms with E-state index in [0.717, 1.165) is 11.4 Å². The van der Waals surface area contributed by atoms with Crippen molar-refractivity contribution in [1.29, 1.82) is 0 Å². The highest BCUT2D eigenvalue weighted by molar-refractivity contribution is 5.49. The summed E-state index contributed by atoms with van der Waals surface area (Å²) in [7, 11) is 1.62. The van der Waals surface area contributed by atoms with Crippen molar-refractivity contribution in [3.8, 4) is 5.75 Å². The molecule has 0 heterocycles. The van der Waals surface area contributed by atoms with Crippen LogP contribution in [0.1, 0.15) is 0 Å². The van der Waals surface area contributed by atoms with E-state index < -0.39 is 6.04 Å². The number of hydrogen-bond acceptors (Lipinski definition) is 4. The summed E-state index contributed by atoms with van der Waals surface area (Å²) in [6, 6.07) is 6.66. The number of anilines is 1. The maximum atomic E-state index is 10.8. The Labute approximate surface area is 117 Å². The number of nitrogens with one attached hydrogen (secondary N) is 1. The summed E-state index contributed by atoms with van der Waals surface area (Å²) in [4.78, 5) is 10.5. The topological polar surface area (TPSA) is 64.4 Å². The van der Waals surface area contributed by atoms with Gasteiger partial charge in [-0.15, -0.1) is 0 Å². The van der Waals surface area contributed by atoms with Gasteiger partial charge in [-0.05, 0) is 36.4 Å². The van der Waals surface area contributed by atoms with E-state index in [1.807, 2.05) is 30.3 Å². The maximum Gasteiger partial charge on any atom is 0.249 e. The van der Waals surface area contributed by atoms with E-state index in [2.05, 4.69) is 5.32 Å². The maximum absolute atomic E-state index is 10.8. The summed E-state index contributed by atoms with van der Waals surface area (Å²) >= 11 is 0. The van der Waals surface area contributed by atoms with Gasteiger partial charge < -0.3 is 10.1 Å². The average molecular weight is 272 g/mol.